The molecule has 0 aliphatic rings. The Kier molecular flexibility index (Phi) is 6.03. The molecule has 31 heavy (non-hydrogen) atoms. The molecule has 1 N–H and O–H groups in total. The van der Waals surface area contributed by atoms with Crippen molar-refractivity contribution in [2.75, 3.05) is 23.8 Å². The summed E-state index contributed by atoms with van der Waals surface area (Å²) in [7, 11) is 1.51. The summed E-state index contributed by atoms with van der Waals surface area (Å²) in [5.41, 5.74) is -0.811. The lowest BCUT2D eigenvalue weighted by molar-refractivity contribution is -0.131. The van der Waals surface area contributed by atoms with E-state index in [9.17, 15) is 31.5 Å². The molecular formula is C18H14ClF5N4O3. The number of halogens is 6. The number of nitrogens with zero attached hydrogens (tertiary/aromatic N) is 3. The zero-order chi connectivity index (χ0) is 23.0. The highest BCUT2D eigenvalue weighted by Gasteiger charge is 2.35. The van der Waals surface area contributed by atoms with Crippen LogP contribution in [-0.2, 0) is 11.9 Å². The van der Waals surface area contributed by atoms with E-state index >= 15 is 0 Å². The van der Waals surface area contributed by atoms with E-state index in [1.807, 2.05) is 0 Å². The Bertz CT molecular complexity index is 1130. The molecule has 0 saturated heterocycles. The van der Waals surface area contributed by atoms with Crippen LogP contribution in [0.4, 0.5) is 33.3 Å². The average molecular weight is 465 g/mol. The van der Waals surface area contributed by atoms with E-state index in [0.29, 0.717) is 11.1 Å². The summed E-state index contributed by atoms with van der Waals surface area (Å²) < 4.78 is 67.2. The Morgan fingerprint density at radius 1 is 1.10 bits per heavy atom. The third-order valence-electron chi connectivity index (χ3n) is 4.28. The normalized spacial score (nSPS) is 12.4. The molecule has 0 fully saturated rings. The lowest BCUT2D eigenvalue weighted by Crippen LogP contribution is -2.41. The van der Waals surface area contributed by atoms with Crippen LogP contribution in [0.5, 0.6) is 0 Å². The summed E-state index contributed by atoms with van der Waals surface area (Å²) >= 11 is 4.83. The fourth-order valence-corrected chi connectivity index (χ4v) is 2.88. The van der Waals surface area contributed by atoms with Crippen molar-refractivity contribution in [3.8, 4) is 11.4 Å². The van der Waals surface area contributed by atoms with Crippen molar-refractivity contribution in [3.63, 3.8) is 0 Å². The molecule has 0 atom stereocenters. The van der Waals surface area contributed by atoms with Crippen LogP contribution in [0, 0.1) is 0 Å². The van der Waals surface area contributed by atoms with Crippen LogP contribution >= 0.6 is 11.6 Å². The lowest BCUT2D eigenvalue weighted by Gasteiger charge is -2.24. The second-order valence-electron chi connectivity index (χ2n) is 6.65. The van der Waals surface area contributed by atoms with Gasteiger partial charge in [-0.05, 0) is 17.2 Å². The van der Waals surface area contributed by atoms with Gasteiger partial charge in [0.1, 0.15) is 11.4 Å². The lowest BCUT2D eigenvalue weighted by atomic mass is 10.1. The molecule has 3 rings (SSSR count). The maximum absolute atomic E-state index is 13.0. The molecule has 1 aromatic heterocycles. The molecule has 0 unspecified atom stereocenters. The van der Waals surface area contributed by atoms with Crippen molar-refractivity contribution >= 4 is 23.0 Å². The molecule has 0 bridgehead atoms. The Labute approximate surface area is 176 Å². The predicted octanol–water partition coefficient (Wildman–Crippen LogP) is 3.62. The fourth-order valence-electron chi connectivity index (χ4n) is 2.81. The summed E-state index contributed by atoms with van der Waals surface area (Å²) in [4.78, 5) is 28.5. The molecule has 13 heteroatoms. The zero-order valence-corrected chi connectivity index (χ0v) is 16.5. The molecule has 0 spiro atoms. The van der Waals surface area contributed by atoms with Gasteiger partial charge in [0.25, 0.3) is 10.9 Å². The van der Waals surface area contributed by atoms with Crippen LogP contribution < -0.4 is 21.1 Å². The van der Waals surface area contributed by atoms with E-state index < -0.39 is 41.3 Å². The summed E-state index contributed by atoms with van der Waals surface area (Å²) in [6, 6.07) is 6.25. The van der Waals surface area contributed by atoms with Gasteiger partial charge in [0.15, 0.2) is 0 Å². The molecule has 166 valence electrons. The van der Waals surface area contributed by atoms with E-state index in [1.54, 1.807) is 12.1 Å². The van der Waals surface area contributed by atoms with Gasteiger partial charge in [-0.15, -0.1) is 0 Å². The number of nitrogens with one attached hydrogen (secondary N) is 1. The van der Waals surface area contributed by atoms with Gasteiger partial charge in [-0.1, -0.05) is 29.4 Å². The zero-order valence-electron chi connectivity index (χ0n) is 15.8. The van der Waals surface area contributed by atoms with Gasteiger partial charge in [-0.3, -0.25) is 9.59 Å². The fraction of sp³-hybridized carbons (Fsp3) is 0.333. The summed E-state index contributed by atoms with van der Waals surface area (Å²) in [5, 5.41) is 2.00. The summed E-state index contributed by atoms with van der Waals surface area (Å²) in [6.07, 6.45) is -5.54. The van der Waals surface area contributed by atoms with Gasteiger partial charge in [0.05, 0.1) is 6.42 Å². The topological polar surface area (TPSA) is 88.3 Å². The molecule has 0 radical (unpaired) electrons. The first-order chi connectivity index (χ1) is 14.4. The summed E-state index contributed by atoms with van der Waals surface area (Å²) in [6.45, 7) is -0.381. The van der Waals surface area contributed by atoms with Crippen LogP contribution in [0.3, 0.4) is 0 Å². The Balaban J connectivity index is 1.68. The molecular weight excluding hydrogens is 451 g/mol. The number of hydrogen-bond donors (Lipinski definition) is 1. The van der Waals surface area contributed by atoms with Gasteiger partial charge < -0.3 is 14.7 Å². The van der Waals surface area contributed by atoms with Crippen molar-refractivity contribution in [3.05, 3.63) is 56.2 Å². The van der Waals surface area contributed by atoms with Crippen LogP contribution in [0.2, 0.25) is 0 Å². The molecule has 2 aromatic carbocycles. The standard InChI is InChI=1S/C18H14ClF5N4O3/c1-28(12-11(13(29)14(12)30)25-7-6-17(20,21)22)8-9-2-4-10(5-3-9)15-26-16(31-27-15)18(19,23)24/h2-5,25H,6-8H2,1H3. The molecule has 3 aromatic rings. The Hall–Kier alpha value is -3.02. The second-order valence-corrected chi connectivity index (χ2v) is 7.12. The molecule has 0 aliphatic carbocycles. The molecule has 0 saturated carbocycles. The van der Waals surface area contributed by atoms with Gasteiger partial charge in [0.2, 0.25) is 5.82 Å². The van der Waals surface area contributed by atoms with Gasteiger partial charge in [0, 0.05) is 25.7 Å². The van der Waals surface area contributed by atoms with Crippen LogP contribution in [0.15, 0.2) is 38.4 Å². The third-order valence-corrected chi connectivity index (χ3v) is 4.44. The van der Waals surface area contributed by atoms with E-state index in [0.717, 1.165) is 0 Å². The molecule has 7 nitrogen and oxygen atoms in total. The average Bonchev–Trinajstić information content (AvgIpc) is 3.17. The highest BCUT2D eigenvalue weighted by Crippen LogP contribution is 2.32. The van der Waals surface area contributed by atoms with Crippen molar-refractivity contribution in [1.82, 2.24) is 10.1 Å². The SMILES string of the molecule is CN(Cc1ccc(-c2noc(C(F)(F)Cl)n2)cc1)c1c(NCCC(F)(F)F)c(=O)c1=O. The first-order valence-corrected chi connectivity index (χ1v) is 9.10. The minimum atomic E-state index is -4.39. The van der Waals surface area contributed by atoms with E-state index in [4.69, 9.17) is 11.6 Å². The van der Waals surface area contributed by atoms with Crippen molar-refractivity contribution in [2.24, 2.45) is 0 Å². The van der Waals surface area contributed by atoms with Gasteiger partial charge in [-0.2, -0.15) is 26.9 Å². The number of alkyl halides is 6. The molecule has 0 amide bonds. The van der Waals surface area contributed by atoms with Crippen molar-refractivity contribution in [1.29, 1.82) is 0 Å². The predicted molar refractivity (Wildman–Crippen MR) is 102 cm³/mol. The van der Waals surface area contributed by atoms with Crippen molar-refractivity contribution < 1.29 is 26.5 Å². The monoisotopic (exact) mass is 464 g/mol. The van der Waals surface area contributed by atoms with E-state index in [-0.39, 0.29) is 23.7 Å². The number of benzene rings is 1. The van der Waals surface area contributed by atoms with Gasteiger partial charge >= 0.3 is 17.4 Å². The number of hydrogen-bond acceptors (Lipinski definition) is 7. The largest absolute Gasteiger partial charge is 0.400 e. The maximum atomic E-state index is 13.0. The van der Waals surface area contributed by atoms with Crippen molar-refractivity contribution in [2.45, 2.75) is 24.5 Å². The first kappa shape index (κ1) is 22.7. The van der Waals surface area contributed by atoms with Crippen LogP contribution in [0.1, 0.15) is 17.9 Å². The maximum Gasteiger partial charge on any atom is 0.400 e. The number of anilines is 2. The minimum absolute atomic E-state index is 0.0107. The number of aromatic nitrogens is 2. The first-order valence-electron chi connectivity index (χ1n) is 8.72. The quantitative estimate of drug-likeness (QED) is 0.309. The number of rotatable bonds is 8. The van der Waals surface area contributed by atoms with Crippen LogP contribution in [-0.4, -0.2) is 29.9 Å². The smallest absolute Gasteiger partial charge is 0.380 e. The van der Waals surface area contributed by atoms with E-state index in [1.165, 1.54) is 24.1 Å². The third kappa shape index (κ3) is 5.19. The second kappa shape index (κ2) is 8.25. The minimum Gasteiger partial charge on any atom is -0.380 e. The summed E-state index contributed by atoms with van der Waals surface area (Å²) in [5.74, 6) is -1.15. The Morgan fingerprint density at radius 2 is 1.74 bits per heavy atom. The Morgan fingerprint density at radius 3 is 2.29 bits per heavy atom. The van der Waals surface area contributed by atoms with E-state index in [2.05, 4.69) is 20.0 Å². The van der Waals surface area contributed by atoms with Crippen LogP contribution in [0.25, 0.3) is 11.4 Å². The highest BCUT2D eigenvalue weighted by molar-refractivity contribution is 6.21. The van der Waals surface area contributed by atoms with Gasteiger partial charge in [-0.25, -0.2) is 0 Å². The molecule has 0 aliphatic heterocycles. The molecule has 1 heterocycles. The highest BCUT2D eigenvalue weighted by atomic mass is 35.5.